The summed E-state index contributed by atoms with van der Waals surface area (Å²) in [6.07, 6.45) is 2.92. The van der Waals surface area contributed by atoms with Crippen LogP contribution < -0.4 is 15.6 Å². The van der Waals surface area contributed by atoms with Crippen molar-refractivity contribution in [2.45, 2.75) is 0 Å². The second kappa shape index (κ2) is 7.91. The molecule has 0 bridgehead atoms. The lowest BCUT2D eigenvalue weighted by molar-refractivity contribution is -0.123. The third-order valence-corrected chi connectivity index (χ3v) is 3.07. The van der Waals surface area contributed by atoms with Gasteiger partial charge in [-0.25, -0.2) is 0 Å². The first-order valence-electron chi connectivity index (χ1n) is 6.41. The number of carbonyl (C=O) groups excluding carboxylic acids is 2. The van der Waals surface area contributed by atoms with E-state index in [1.54, 1.807) is 36.5 Å². The Bertz CT molecular complexity index is 756. The first-order chi connectivity index (χ1) is 11.1. The SMILES string of the molecule is N#Cc1ccc(OCC(=O)NNC(=O)c2cncc(Br)c2)cc1. The molecule has 2 rings (SSSR count). The van der Waals surface area contributed by atoms with Gasteiger partial charge in [-0.15, -0.1) is 0 Å². The van der Waals surface area contributed by atoms with Crippen LogP contribution in [0.5, 0.6) is 5.75 Å². The van der Waals surface area contributed by atoms with Crippen molar-refractivity contribution >= 4 is 27.7 Å². The Morgan fingerprint density at radius 1 is 1.22 bits per heavy atom. The maximum atomic E-state index is 11.8. The van der Waals surface area contributed by atoms with Gasteiger partial charge in [0.2, 0.25) is 0 Å². The molecule has 1 aromatic heterocycles. The number of nitriles is 1. The van der Waals surface area contributed by atoms with Gasteiger partial charge >= 0.3 is 0 Å². The first kappa shape index (κ1) is 16.5. The standard InChI is InChI=1S/C15H11BrN4O3/c16-12-5-11(7-18-8-12)15(22)20-19-14(21)9-23-13-3-1-10(6-17)2-4-13/h1-5,7-8H,9H2,(H,19,21)(H,20,22). The van der Waals surface area contributed by atoms with Crippen molar-refractivity contribution in [3.63, 3.8) is 0 Å². The monoisotopic (exact) mass is 374 g/mol. The highest BCUT2D eigenvalue weighted by atomic mass is 79.9. The minimum atomic E-state index is -0.523. The minimum absolute atomic E-state index is 0.275. The number of ether oxygens (including phenoxy) is 1. The molecule has 23 heavy (non-hydrogen) atoms. The van der Waals surface area contributed by atoms with Crippen LogP contribution in [0.1, 0.15) is 15.9 Å². The molecule has 0 fully saturated rings. The van der Waals surface area contributed by atoms with Gasteiger partial charge in [0.05, 0.1) is 17.2 Å². The third kappa shape index (κ3) is 5.09. The van der Waals surface area contributed by atoms with E-state index >= 15 is 0 Å². The molecule has 2 amide bonds. The summed E-state index contributed by atoms with van der Waals surface area (Å²) in [5, 5.41) is 8.68. The van der Waals surface area contributed by atoms with E-state index in [4.69, 9.17) is 10.00 Å². The van der Waals surface area contributed by atoms with E-state index in [1.165, 1.54) is 6.20 Å². The van der Waals surface area contributed by atoms with E-state index in [-0.39, 0.29) is 6.61 Å². The molecule has 0 aliphatic heterocycles. The Balaban J connectivity index is 1.78. The van der Waals surface area contributed by atoms with E-state index in [9.17, 15) is 9.59 Å². The van der Waals surface area contributed by atoms with Gasteiger partial charge in [0, 0.05) is 16.9 Å². The molecule has 0 aliphatic rings. The van der Waals surface area contributed by atoms with Crippen LogP contribution in [0.25, 0.3) is 0 Å². The average molecular weight is 375 g/mol. The van der Waals surface area contributed by atoms with Gasteiger partial charge < -0.3 is 4.74 Å². The van der Waals surface area contributed by atoms with Crippen LogP contribution in [0, 0.1) is 11.3 Å². The molecule has 2 aromatic rings. The Kier molecular flexibility index (Phi) is 5.66. The summed E-state index contributed by atoms with van der Waals surface area (Å²) in [5.74, 6) is -0.571. The molecule has 7 nitrogen and oxygen atoms in total. The van der Waals surface area contributed by atoms with Crippen molar-refractivity contribution in [2.24, 2.45) is 0 Å². The smallest absolute Gasteiger partial charge is 0.276 e. The first-order valence-corrected chi connectivity index (χ1v) is 7.20. The molecule has 0 aliphatic carbocycles. The average Bonchev–Trinajstić information content (AvgIpc) is 2.58. The Labute approximate surface area is 140 Å². The summed E-state index contributed by atoms with van der Waals surface area (Å²) < 4.78 is 5.89. The quantitative estimate of drug-likeness (QED) is 0.790. The minimum Gasteiger partial charge on any atom is -0.484 e. The zero-order valence-electron chi connectivity index (χ0n) is 11.7. The fourth-order valence-electron chi connectivity index (χ4n) is 1.55. The Hall–Kier alpha value is -2.92. The van der Waals surface area contributed by atoms with E-state index in [2.05, 4.69) is 31.8 Å². The normalized spacial score (nSPS) is 9.57. The fraction of sp³-hybridized carbons (Fsp3) is 0.0667. The lowest BCUT2D eigenvalue weighted by Gasteiger charge is -2.09. The fourth-order valence-corrected chi connectivity index (χ4v) is 1.91. The van der Waals surface area contributed by atoms with Crippen molar-refractivity contribution in [2.75, 3.05) is 6.61 Å². The number of nitrogens with zero attached hydrogens (tertiary/aromatic N) is 2. The zero-order chi connectivity index (χ0) is 16.7. The molecule has 0 unspecified atom stereocenters. The second-order valence-electron chi connectivity index (χ2n) is 4.32. The number of hydrogen-bond donors (Lipinski definition) is 2. The predicted molar refractivity (Wildman–Crippen MR) is 84.2 cm³/mol. The zero-order valence-corrected chi connectivity index (χ0v) is 13.3. The van der Waals surface area contributed by atoms with Crippen LogP contribution in [0.15, 0.2) is 47.2 Å². The molecule has 0 saturated carbocycles. The lowest BCUT2D eigenvalue weighted by Crippen LogP contribution is -2.43. The molecule has 8 heteroatoms. The molecule has 116 valence electrons. The molecular weight excluding hydrogens is 364 g/mol. The Morgan fingerprint density at radius 3 is 2.61 bits per heavy atom. The summed E-state index contributed by atoms with van der Waals surface area (Å²) in [6, 6.07) is 9.87. The van der Waals surface area contributed by atoms with Gasteiger partial charge in [-0.3, -0.25) is 25.4 Å². The highest BCUT2D eigenvalue weighted by Crippen LogP contribution is 2.11. The number of rotatable bonds is 4. The maximum absolute atomic E-state index is 11.8. The highest BCUT2D eigenvalue weighted by molar-refractivity contribution is 9.10. The van der Waals surface area contributed by atoms with Gasteiger partial charge in [-0.1, -0.05) is 0 Å². The summed E-state index contributed by atoms with van der Waals surface area (Å²) in [4.78, 5) is 27.3. The molecular formula is C15H11BrN4O3. The lowest BCUT2D eigenvalue weighted by atomic mass is 10.2. The van der Waals surface area contributed by atoms with Gasteiger partial charge in [0.1, 0.15) is 5.75 Å². The largest absolute Gasteiger partial charge is 0.484 e. The summed E-state index contributed by atoms with van der Waals surface area (Å²) in [5.41, 5.74) is 5.29. The van der Waals surface area contributed by atoms with E-state index < -0.39 is 11.8 Å². The van der Waals surface area contributed by atoms with Crippen LogP contribution in [0.2, 0.25) is 0 Å². The number of hydrazine groups is 1. The summed E-state index contributed by atoms with van der Waals surface area (Å²) >= 11 is 3.20. The summed E-state index contributed by atoms with van der Waals surface area (Å²) in [6.45, 7) is -0.275. The molecule has 1 aromatic carbocycles. The number of pyridine rings is 1. The second-order valence-corrected chi connectivity index (χ2v) is 5.23. The predicted octanol–water partition coefficient (Wildman–Crippen LogP) is 1.56. The van der Waals surface area contributed by atoms with Crippen molar-refractivity contribution in [3.8, 4) is 11.8 Å². The van der Waals surface area contributed by atoms with Crippen LogP contribution in [0.3, 0.4) is 0 Å². The van der Waals surface area contributed by atoms with E-state index in [1.807, 2.05) is 6.07 Å². The molecule has 0 atom stereocenters. The number of carbonyl (C=O) groups is 2. The number of amides is 2. The van der Waals surface area contributed by atoms with Gasteiger partial charge in [-0.2, -0.15) is 5.26 Å². The Morgan fingerprint density at radius 2 is 1.96 bits per heavy atom. The van der Waals surface area contributed by atoms with E-state index in [0.29, 0.717) is 21.3 Å². The number of aromatic nitrogens is 1. The van der Waals surface area contributed by atoms with Crippen molar-refractivity contribution < 1.29 is 14.3 Å². The molecule has 0 saturated heterocycles. The molecule has 0 spiro atoms. The van der Waals surface area contributed by atoms with Gasteiger partial charge in [-0.05, 0) is 46.3 Å². The van der Waals surface area contributed by atoms with Crippen molar-refractivity contribution in [1.29, 1.82) is 5.26 Å². The number of hydrogen-bond acceptors (Lipinski definition) is 5. The summed E-state index contributed by atoms with van der Waals surface area (Å²) in [7, 11) is 0. The third-order valence-electron chi connectivity index (χ3n) is 2.64. The number of nitrogens with one attached hydrogen (secondary N) is 2. The van der Waals surface area contributed by atoms with Crippen LogP contribution in [-0.4, -0.2) is 23.4 Å². The van der Waals surface area contributed by atoms with Crippen molar-refractivity contribution in [3.05, 3.63) is 58.3 Å². The number of halogens is 1. The van der Waals surface area contributed by atoms with Crippen LogP contribution >= 0.6 is 15.9 Å². The number of benzene rings is 1. The van der Waals surface area contributed by atoms with Crippen LogP contribution in [0.4, 0.5) is 0 Å². The van der Waals surface area contributed by atoms with Gasteiger partial charge in [0.15, 0.2) is 6.61 Å². The van der Waals surface area contributed by atoms with E-state index in [0.717, 1.165) is 0 Å². The van der Waals surface area contributed by atoms with Crippen LogP contribution in [-0.2, 0) is 4.79 Å². The molecule has 0 radical (unpaired) electrons. The van der Waals surface area contributed by atoms with Crippen molar-refractivity contribution in [1.82, 2.24) is 15.8 Å². The highest BCUT2D eigenvalue weighted by Gasteiger charge is 2.08. The van der Waals surface area contributed by atoms with Gasteiger partial charge in [0.25, 0.3) is 11.8 Å². The molecule has 1 heterocycles. The molecule has 2 N–H and O–H groups in total. The maximum Gasteiger partial charge on any atom is 0.276 e. The topological polar surface area (TPSA) is 104 Å².